The fourth-order valence-corrected chi connectivity index (χ4v) is 4.51. The molecule has 0 aliphatic carbocycles. The van der Waals surface area contributed by atoms with E-state index in [9.17, 15) is 14.4 Å². The molecule has 1 aromatic carbocycles. The van der Waals surface area contributed by atoms with Crippen LogP contribution in [0.2, 0.25) is 0 Å². The van der Waals surface area contributed by atoms with Crippen LogP contribution >= 0.6 is 11.8 Å². The zero-order chi connectivity index (χ0) is 23.3. The Morgan fingerprint density at radius 2 is 2.03 bits per heavy atom. The lowest BCUT2D eigenvalue weighted by Crippen LogP contribution is -2.53. The number of unbranched alkanes of at least 4 members (excludes halogenated alkanes) is 3. The number of likely N-dealkylation sites (tertiary alicyclic amines) is 1. The fourth-order valence-electron chi connectivity index (χ4n) is 4.04. The molecule has 1 fully saturated rings. The third-order valence-corrected chi connectivity index (χ3v) is 6.57. The molecular weight excluding hydrogens is 422 g/mol. The monoisotopic (exact) mass is 461 g/mol. The Balaban J connectivity index is 1.95. The number of carbonyl (C=O) groups excluding carboxylic acids is 3. The second-order valence-electron chi connectivity index (χ2n) is 8.65. The number of aryl methyl sites for hydroxylation is 1. The van der Waals surface area contributed by atoms with Crippen molar-refractivity contribution in [2.45, 2.75) is 64.8 Å². The van der Waals surface area contributed by atoms with Gasteiger partial charge in [-0.2, -0.15) is 11.8 Å². The summed E-state index contributed by atoms with van der Waals surface area (Å²) >= 11 is 1.65. The average Bonchev–Trinajstić information content (AvgIpc) is 2.81. The van der Waals surface area contributed by atoms with Crippen molar-refractivity contribution >= 4 is 29.5 Å². The Labute approximate surface area is 197 Å². The number of nitrogens with one attached hydrogen (secondary N) is 2. The molecule has 0 radical (unpaired) electrons. The van der Waals surface area contributed by atoms with Crippen molar-refractivity contribution in [2.75, 3.05) is 31.6 Å². The van der Waals surface area contributed by atoms with Crippen LogP contribution in [0.15, 0.2) is 24.3 Å². The van der Waals surface area contributed by atoms with Crippen molar-refractivity contribution in [3.63, 3.8) is 0 Å². The molecule has 1 aliphatic rings. The molecule has 0 aromatic heterocycles. The van der Waals surface area contributed by atoms with Crippen molar-refractivity contribution in [2.24, 2.45) is 5.92 Å². The highest BCUT2D eigenvalue weighted by Crippen LogP contribution is 2.19. The van der Waals surface area contributed by atoms with E-state index in [0.717, 1.165) is 37.0 Å². The number of amides is 3. The number of rotatable bonds is 12. The molecule has 2 N–H and O–H groups in total. The Morgan fingerprint density at radius 1 is 1.22 bits per heavy atom. The summed E-state index contributed by atoms with van der Waals surface area (Å²) in [5.74, 6) is 0.336. The molecule has 0 saturated carbocycles. The summed E-state index contributed by atoms with van der Waals surface area (Å²) in [4.78, 5) is 40.5. The molecule has 2 unspecified atom stereocenters. The first-order valence-electron chi connectivity index (χ1n) is 11.9. The summed E-state index contributed by atoms with van der Waals surface area (Å²) in [6.07, 6.45) is 8.66. The van der Waals surface area contributed by atoms with Gasteiger partial charge in [-0.25, -0.2) is 0 Å². The molecule has 2 atom stereocenters. The number of nitrogens with zero attached hydrogens (tertiary/aromatic N) is 1. The van der Waals surface area contributed by atoms with Crippen LogP contribution in [0.3, 0.4) is 0 Å². The van der Waals surface area contributed by atoms with Crippen LogP contribution < -0.4 is 10.6 Å². The maximum atomic E-state index is 13.3. The van der Waals surface area contributed by atoms with E-state index in [0.29, 0.717) is 31.6 Å². The lowest BCUT2D eigenvalue weighted by molar-refractivity contribution is -0.137. The molecule has 3 amide bonds. The maximum absolute atomic E-state index is 13.3. The second-order valence-corrected chi connectivity index (χ2v) is 9.64. The van der Waals surface area contributed by atoms with E-state index in [4.69, 9.17) is 0 Å². The smallest absolute Gasteiger partial charge is 0.251 e. The molecule has 178 valence electrons. The van der Waals surface area contributed by atoms with E-state index in [2.05, 4.69) is 17.6 Å². The van der Waals surface area contributed by atoms with Gasteiger partial charge in [-0.15, -0.1) is 0 Å². The molecular formula is C25H39N3O3S. The van der Waals surface area contributed by atoms with Crippen molar-refractivity contribution < 1.29 is 14.4 Å². The summed E-state index contributed by atoms with van der Waals surface area (Å²) in [5, 5.41) is 5.99. The molecule has 0 spiro atoms. The van der Waals surface area contributed by atoms with Crippen LogP contribution in [0.25, 0.3) is 0 Å². The van der Waals surface area contributed by atoms with Gasteiger partial charge in [0.25, 0.3) is 5.91 Å². The number of piperidine rings is 1. The van der Waals surface area contributed by atoms with Gasteiger partial charge in [-0.05, 0) is 56.7 Å². The predicted octanol–water partition coefficient (Wildman–Crippen LogP) is 3.78. The Kier molecular flexibility index (Phi) is 11.6. The van der Waals surface area contributed by atoms with E-state index < -0.39 is 6.04 Å². The number of benzene rings is 1. The first kappa shape index (κ1) is 26.2. The highest BCUT2D eigenvalue weighted by Gasteiger charge is 2.32. The minimum atomic E-state index is -0.577. The number of thioether (sulfide) groups is 1. The molecule has 7 heteroatoms. The standard InChI is InChI=1S/C25H39N3O3S/c1-4-5-6-7-14-26-23(29)21-12-9-15-28(18-21)25(31)22(13-16-32-3)27-24(30)20-11-8-10-19(2)17-20/h8,10-11,17,21-22H,4-7,9,12-16,18H2,1-3H3,(H,26,29)(H,27,30). The Hall–Kier alpha value is -2.02. The summed E-state index contributed by atoms with van der Waals surface area (Å²) < 4.78 is 0. The van der Waals surface area contributed by atoms with Gasteiger partial charge in [-0.3, -0.25) is 14.4 Å². The minimum absolute atomic E-state index is 0.0449. The van der Waals surface area contributed by atoms with E-state index in [1.54, 1.807) is 22.7 Å². The van der Waals surface area contributed by atoms with Crippen LogP contribution in [0.5, 0.6) is 0 Å². The van der Waals surface area contributed by atoms with E-state index >= 15 is 0 Å². The Bertz CT molecular complexity index is 756. The average molecular weight is 462 g/mol. The number of carbonyl (C=O) groups is 3. The summed E-state index contributed by atoms with van der Waals surface area (Å²) in [6, 6.07) is 6.80. The lowest BCUT2D eigenvalue weighted by Gasteiger charge is -2.34. The summed E-state index contributed by atoms with van der Waals surface area (Å²) in [7, 11) is 0. The SMILES string of the molecule is CCCCCCNC(=O)C1CCCN(C(=O)C(CCSC)NC(=O)c2cccc(C)c2)C1. The quantitative estimate of drug-likeness (QED) is 0.464. The van der Waals surface area contributed by atoms with E-state index in [1.165, 1.54) is 12.8 Å². The van der Waals surface area contributed by atoms with Gasteiger partial charge < -0.3 is 15.5 Å². The van der Waals surface area contributed by atoms with Gasteiger partial charge in [-0.1, -0.05) is 43.9 Å². The van der Waals surface area contributed by atoms with E-state index in [-0.39, 0.29) is 23.6 Å². The number of hydrogen-bond donors (Lipinski definition) is 2. The van der Waals surface area contributed by atoms with Crippen molar-refractivity contribution in [1.82, 2.24) is 15.5 Å². The third kappa shape index (κ3) is 8.49. The highest BCUT2D eigenvalue weighted by molar-refractivity contribution is 7.98. The van der Waals surface area contributed by atoms with Crippen molar-refractivity contribution in [1.29, 1.82) is 0 Å². The van der Waals surface area contributed by atoms with Crippen LogP contribution in [-0.4, -0.2) is 60.3 Å². The summed E-state index contributed by atoms with van der Waals surface area (Å²) in [5.41, 5.74) is 1.56. The zero-order valence-electron chi connectivity index (χ0n) is 19.8. The van der Waals surface area contributed by atoms with Gasteiger partial charge in [0, 0.05) is 25.2 Å². The van der Waals surface area contributed by atoms with Crippen LogP contribution in [0.1, 0.15) is 67.8 Å². The third-order valence-electron chi connectivity index (χ3n) is 5.93. The highest BCUT2D eigenvalue weighted by atomic mass is 32.2. The lowest BCUT2D eigenvalue weighted by atomic mass is 9.96. The molecule has 2 rings (SSSR count). The molecule has 1 aromatic rings. The number of hydrogen-bond acceptors (Lipinski definition) is 4. The van der Waals surface area contributed by atoms with Gasteiger partial charge >= 0.3 is 0 Å². The van der Waals surface area contributed by atoms with Crippen LogP contribution in [-0.2, 0) is 9.59 Å². The van der Waals surface area contributed by atoms with Crippen LogP contribution in [0.4, 0.5) is 0 Å². The van der Waals surface area contributed by atoms with Gasteiger partial charge in [0.2, 0.25) is 11.8 Å². The molecule has 32 heavy (non-hydrogen) atoms. The largest absolute Gasteiger partial charge is 0.356 e. The minimum Gasteiger partial charge on any atom is -0.356 e. The predicted molar refractivity (Wildman–Crippen MR) is 132 cm³/mol. The van der Waals surface area contributed by atoms with E-state index in [1.807, 2.05) is 31.4 Å². The topological polar surface area (TPSA) is 78.5 Å². The maximum Gasteiger partial charge on any atom is 0.251 e. The normalized spacial score (nSPS) is 17.0. The fraction of sp³-hybridized carbons (Fsp3) is 0.640. The molecule has 1 aliphatic heterocycles. The molecule has 6 nitrogen and oxygen atoms in total. The molecule has 1 saturated heterocycles. The Morgan fingerprint density at radius 3 is 2.75 bits per heavy atom. The second kappa shape index (κ2) is 14.2. The zero-order valence-corrected chi connectivity index (χ0v) is 20.6. The summed E-state index contributed by atoms with van der Waals surface area (Å²) in [6.45, 7) is 5.87. The van der Waals surface area contributed by atoms with Crippen molar-refractivity contribution in [3.8, 4) is 0 Å². The van der Waals surface area contributed by atoms with Gasteiger partial charge in [0.1, 0.15) is 6.04 Å². The van der Waals surface area contributed by atoms with Gasteiger partial charge in [0.05, 0.1) is 5.92 Å². The van der Waals surface area contributed by atoms with Crippen molar-refractivity contribution in [3.05, 3.63) is 35.4 Å². The first-order chi connectivity index (χ1) is 15.5. The first-order valence-corrected chi connectivity index (χ1v) is 13.3. The van der Waals surface area contributed by atoms with Crippen LogP contribution in [0, 0.1) is 12.8 Å². The van der Waals surface area contributed by atoms with Gasteiger partial charge in [0.15, 0.2) is 0 Å². The molecule has 1 heterocycles. The molecule has 0 bridgehead atoms.